The number of hydrogen-bond donors (Lipinski definition) is 9. The van der Waals surface area contributed by atoms with Crippen LogP contribution in [0.15, 0.2) is 0 Å². The molecule has 3 aliphatic rings. The predicted octanol–water partition coefficient (Wildman–Crippen LogP) is -5.09. The van der Waals surface area contributed by atoms with Gasteiger partial charge in [0.15, 0.2) is 18.9 Å². The topological polar surface area (TPSA) is 255 Å². The average molecular weight is 596 g/mol. The number of aliphatic hydroxyl groups is 6. The van der Waals surface area contributed by atoms with Gasteiger partial charge in [0.1, 0.15) is 60.9 Å². The highest BCUT2D eigenvalue weighted by Gasteiger charge is 2.53. The zero-order valence-electron chi connectivity index (χ0n) is 23.3. The molecule has 0 aromatic carbocycles. The molecule has 41 heavy (non-hydrogen) atoms. The fourth-order valence-corrected chi connectivity index (χ4v) is 5.19. The highest BCUT2D eigenvalue weighted by atomic mass is 16.7. The van der Waals surface area contributed by atoms with Crippen LogP contribution in [0.25, 0.3) is 0 Å². The summed E-state index contributed by atoms with van der Waals surface area (Å²) in [5.41, 5.74) is 0. The molecule has 17 heteroatoms. The second-order valence-corrected chi connectivity index (χ2v) is 10.5. The lowest BCUT2D eigenvalue weighted by Gasteiger charge is -2.49. The van der Waals surface area contributed by atoms with Gasteiger partial charge in [0.25, 0.3) is 0 Å². The number of aliphatic hydroxyl groups excluding tert-OH is 6. The lowest BCUT2D eigenvalue weighted by atomic mass is 9.94. The number of rotatable bonds is 8. The average Bonchev–Trinajstić information content (AvgIpc) is 2.87. The Morgan fingerprint density at radius 3 is 1.66 bits per heavy atom. The third kappa shape index (κ3) is 7.68. The third-order valence-electron chi connectivity index (χ3n) is 7.22. The lowest BCUT2D eigenvalue weighted by molar-refractivity contribution is -0.343. The summed E-state index contributed by atoms with van der Waals surface area (Å²) < 4.78 is 28.7. The molecular weight excluding hydrogens is 554 g/mol. The Labute approximate surface area is 236 Å². The van der Waals surface area contributed by atoms with Crippen molar-refractivity contribution in [2.24, 2.45) is 0 Å². The van der Waals surface area contributed by atoms with Crippen molar-refractivity contribution in [2.75, 3.05) is 6.61 Å². The minimum Gasteiger partial charge on any atom is -0.394 e. The lowest BCUT2D eigenvalue weighted by Crippen LogP contribution is -2.70. The smallest absolute Gasteiger partial charge is 0.217 e. The van der Waals surface area contributed by atoms with E-state index in [4.69, 9.17) is 23.7 Å². The highest BCUT2D eigenvalue weighted by Crippen LogP contribution is 2.32. The Bertz CT molecular complexity index is 928. The normalized spacial score (nSPS) is 45.0. The third-order valence-corrected chi connectivity index (χ3v) is 7.22. The molecule has 3 rings (SSSR count). The van der Waals surface area contributed by atoms with E-state index in [2.05, 4.69) is 16.0 Å². The molecular formula is C24H41N3O14. The van der Waals surface area contributed by atoms with Crippen molar-refractivity contribution < 1.29 is 68.7 Å². The van der Waals surface area contributed by atoms with E-state index >= 15 is 0 Å². The summed E-state index contributed by atoms with van der Waals surface area (Å²) in [4.78, 5) is 35.6. The molecule has 0 radical (unpaired) electrons. The first-order valence-corrected chi connectivity index (χ1v) is 13.3. The first kappa shape index (κ1) is 33.5. The van der Waals surface area contributed by atoms with Crippen LogP contribution in [0.2, 0.25) is 0 Å². The van der Waals surface area contributed by atoms with E-state index in [0.717, 1.165) is 0 Å². The Morgan fingerprint density at radius 1 is 0.634 bits per heavy atom. The largest absolute Gasteiger partial charge is 0.394 e. The maximum absolute atomic E-state index is 12.1. The molecule has 0 bridgehead atoms. The van der Waals surface area contributed by atoms with Gasteiger partial charge >= 0.3 is 0 Å². The minimum atomic E-state index is -1.61. The Hall–Kier alpha value is -2.03. The first-order chi connectivity index (χ1) is 19.2. The van der Waals surface area contributed by atoms with Crippen LogP contribution in [0.3, 0.4) is 0 Å². The van der Waals surface area contributed by atoms with Crippen molar-refractivity contribution in [3.63, 3.8) is 0 Å². The van der Waals surface area contributed by atoms with Gasteiger partial charge in [-0.3, -0.25) is 14.4 Å². The van der Waals surface area contributed by atoms with E-state index in [-0.39, 0.29) is 0 Å². The molecule has 3 aliphatic heterocycles. The van der Waals surface area contributed by atoms with Crippen LogP contribution in [-0.4, -0.2) is 147 Å². The van der Waals surface area contributed by atoms with E-state index in [0.29, 0.717) is 0 Å². The van der Waals surface area contributed by atoms with Crippen LogP contribution in [0, 0.1) is 0 Å². The van der Waals surface area contributed by atoms with Crippen molar-refractivity contribution in [3.05, 3.63) is 0 Å². The monoisotopic (exact) mass is 595 g/mol. The van der Waals surface area contributed by atoms with E-state index in [1.54, 1.807) is 0 Å². The predicted molar refractivity (Wildman–Crippen MR) is 133 cm³/mol. The summed E-state index contributed by atoms with van der Waals surface area (Å²) in [7, 11) is 0. The van der Waals surface area contributed by atoms with E-state index in [1.165, 1.54) is 34.6 Å². The maximum atomic E-state index is 12.1. The fraction of sp³-hybridized carbons (Fsp3) is 0.875. The van der Waals surface area contributed by atoms with Crippen LogP contribution in [-0.2, 0) is 38.1 Å². The number of carbonyl (C=O) groups is 3. The van der Waals surface area contributed by atoms with Crippen molar-refractivity contribution in [2.45, 2.75) is 127 Å². The van der Waals surface area contributed by atoms with Gasteiger partial charge in [0.05, 0.1) is 18.8 Å². The molecule has 9 N–H and O–H groups in total. The van der Waals surface area contributed by atoms with E-state index in [9.17, 15) is 45.0 Å². The Balaban J connectivity index is 1.86. The summed E-state index contributed by atoms with van der Waals surface area (Å²) in [6.07, 6.45) is -16.4. The summed E-state index contributed by atoms with van der Waals surface area (Å²) in [5, 5.41) is 70.4. The van der Waals surface area contributed by atoms with Gasteiger partial charge in [-0.15, -0.1) is 0 Å². The van der Waals surface area contributed by atoms with Gasteiger partial charge in [-0.1, -0.05) is 0 Å². The van der Waals surface area contributed by atoms with Crippen LogP contribution >= 0.6 is 0 Å². The molecule has 0 saturated carbocycles. The summed E-state index contributed by atoms with van der Waals surface area (Å²) in [6.45, 7) is 5.81. The highest BCUT2D eigenvalue weighted by molar-refractivity contribution is 5.74. The summed E-state index contributed by atoms with van der Waals surface area (Å²) in [6, 6.07) is -3.88. The molecule has 0 unspecified atom stereocenters. The molecule has 3 fully saturated rings. The van der Waals surface area contributed by atoms with Crippen LogP contribution in [0.4, 0.5) is 0 Å². The molecule has 3 saturated heterocycles. The van der Waals surface area contributed by atoms with Gasteiger partial charge in [-0.2, -0.15) is 0 Å². The molecule has 17 nitrogen and oxygen atoms in total. The van der Waals surface area contributed by atoms with Crippen molar-refractivity contribution >= 4 is 17.7 Å². The van der Waals surface area contributed by atoms with Gasteiger partial charge in [0, 0.05) is 20.8 Å². The second kappa shape index (κ2) is 14.0. The number of ether oxygens (including phenoxy) is 5. The molecule has 236 valence electrons. The van der Waals surface area contributed by atoms with Crippen molar-refractivity contribution in [3.8, 4) is 0 Å². The van der Waals surface area contributed by atoms with E-state index < -0.39 is 116 Å². The summed E-state index contributed by atoms with van der Waals surface area (Å²) in [5.74, 6) is -1.73. The quantitative estimate of drug-likeness (QED) is 0.127. The molecule has 15 atom stereocenters. The zero-order chi connectivity index (χ0) is 30.8. The number of nitrogens with one attached hydrogen (secondary N) is 3. The second-order valence-electron chi connectivity index (χ2n) is 10.5. The number of hydrogen-bond acceptors (Lipinski definition) is 14. The minimum absolute atomic E-state index is 0.549. The molecule has 3 heterocycles. The van der Waals surface area contributed by atoms with Crippen LogP contribution in [0.1, 0.15) is 34.6 Å². The van der Waals surface area contributed by atoms with Gasteiger partial charge in [-0.05, 0) is 13.8 Å². The SMILES string of the molecule is CC(=O)N[C@H]1[C@H](O[C@H]2[C@H](O)[C@@H](NC(C)=O)[C@H](O[C@H]3[C@H](O)[C@H](C)O[C@H](O)[C@H]3NC(C)=O)O[C@@H]2C)O[C@H](CO)[C@@H](O)[C@H]1O. The van der Waals surface area contributed by atoms with Crippen LogP contribution < -0.4 is 16.0 Å². The number of amides is 3. The van der Waals surface area contributed by atoms with Gasteiger partial charge < -0.3 is 70.3 Å². The van der Waals surface area contributed by atoms with Gasteiger partial charge in [-0.25, -0.2) is 0 Å². The summed E-state index contributed by atoms with van der Waals surface area (Å²) >= 11 is 0. The van der Waals surface area contributed by atoms with Crippen molar-refractivity contribution in [1.29, 1.82) is 0 Å². The zero-order valence-corrected chi connectivity index (χ0v) is 23.3. The van der Waals surface area contributed by atoms with Gasteiger partial charge in [0.2, 0.25) is 17.7 Å². The molecule has 0 aromatic heterocycles. The molecule has 0 aliphatic carbocycles. The molecule has 0 spiro atoms. The fourth-order valence-electron chi connectivity index (χ4n) is 5.19. The van der Waals surface area contributed by atoms with Crippen molar-refractivity contribution in [1.82, 2.24) is 16.0 Å². The van der Waals surface area contributed by atoms with Crippen LogP contribution in [0.5, 0.6) is 0 Å². The number of carbonyl (C=O) groups excluding carboxylic acids is 3. The Morgan fingerprint density at radius 2 is 1.12 bits per heavy atom. The van der Waals surface area contributed by atoms with E-state index in [1.807, 2.05) is 0 Å². The standard InChI is InChI=1S/C24H41N3O14/c1-7-16(32)21(15(22(36)37-7)27-11(5)31)41-23-14(26-10(4)30)19(35)20(8(2)38-23)40-24-13(25-9(3)29)18(34)17(33)12(6-28)39-24/h7-8,12-24,28,32-36H,6H2,1-5H3,(H,25,29)(H,26,30)(H,27,31)/t7-,8+,12+,13+,14+,15-,16+,17+,18-,19+,20+,21+,22-,23-,24-/m0/s1. The maximum Gasteiger partial charge on any atom is 0.217 e. The first-order valence-electron chi connectivity index (χ1n) is 13.3. The molecule has 3 amide bonds. The Kier molecular flexibility index (Phi) is 11.4. The molecule has 0 aromatic rings.